The molecule has 3 aromatic rings. The van der Waals surface area contributed by atoms with Gasteiger partial charge in [-0.05, 0) is 30.7 Å². The molecule has 19 heavy (non-hydrogen) atoms. The summed E-state index contributed by atoms with van der Waals surface area (Å²) in [4.78, 5) is 15.7. The zero-order valence-electron chi connectivity index (χ0n) is 10.4. The van der Waals surface area contributed by atoms with Crippen LogP contribution in [0.1, 0.15) is 21.5 Å². The quantitative estimate of drug-likeness (QED) is 0.689. The Labute approximate surface area is 116 Å². The first-order chi connectivity index (χ1) is 9.18. The molecule has 0 radical (unpaired) electrons. The maximum absolute atomic E-state index is 12.6. The maximum Gasteiger partial charge on any atom is 0.196 e. The van der Waals surface area contributed by atoms with Crippen LogP contribution in [0.2, 0.25) is 5.02 Å². The highest BCUT2D eigenvalue weighted by Crippen LogP contribution is 2.26. The Hall–Kier alpha value is -2.06. The van der Waals surface area contributed by atoms with Crippen LogP contribution in [-0.2, 0) is 0 Å². The van der Waals surface area contributed by atoms with Crippen molar-refractivity contribution < 1.29 is 4.79 Å². The summed E-state index contributed by atoms with van der Waals surface area (Å²) in [6, 6.07) is 13.1. The minimum Gasteiger partial charge on any atom is -0.360 e. The second kappa shape index (κ2) is 4.56. The van der Waals surface area contributed by atoms with Crippen LogP contribution in [0.5, 0.6) is 0 Å². The number of nitrogens with one attached hydrogen (secondary N) is 1. The Balaban J connectivity index is 2.21. The summed E-state index contributed by atoms with van der Waals surface area (Å²) >= 11 is 6.10. The molecule has 94 valence electrons. The molecule has 0 amide bonds. The lowest BCUT2D eigenvalue weighted by molar-refractivity contribution is 0.104. The number of aromatic amines is 1. The minimum absolute atomic E-state index is 0.0499. The van der Waals surface area contributed by atoms with E-state index in [1.807, 2.05) is 37.3 Å². The van der Waals surface area contributed by atoms with Gasteiger partial charge in [-0.1, -0.05) is 35.9 Å². The van der Waals surface area contributed by atoms with E-state index in [2.05, 4.69) is 4.98 Å². The molecule has 1 aromatic heterocycles. The van der Waals surface area contributed by atoms with Gasteiger partial charge in [0.25, 0.3) is 0 Å². The molecule has 0 fully saturated rings. The van der Waals surface area contributed by atoms with Crippen molar-refractivity contribution in [2.45, 2.75) is 6.92 Å². The van der Waals surface area contributed by atoms with Crippen molar-refractivity contribution in [3.05, 3.63) is 70.4 Å². The molecule has 3 heteroatoms. The summed E-state index contributed by atoms with van der Waals surface area (Å²) in [5.41, 5.74) is 3.25. The number of ketones is 1. The highest BCUT2D eigenvalue weighted by molar-refractivity contribution is 6.35. The van der Waals surface area contributed by atoms with Crippen LogP contribution in [-0.4, -0.2) is 10.8 Å². The number of rotatable bonds is 2. The van der Waals surface area contributed by atoms with Crippen molar-refractivity contribution in [3.63, 3.8) is 0 Å². The summed E-state index contributed by atoms with van der Waals surface area (Å²) in [5.74, 6) is -0.0499. The average Bonchev–Trinajstić information content (AvgIpc) is 2.84. The SMILES string of the molecule is Cc1cccc2[nH]cc(C(=O)c3ccccc3Cl)c12. The Morgan fingerprint density at radius 2 is 1.84 bits per heavy atom. The Morgan fingerprint density at radius 3 is 2.63 bits per heavy atom. The number of hydrogen-bond acceptors (Lipinski definition) is 1. The summed E-state index contributed by atoms with van der Waals surface area (Å²) in [6.45, 7) is 2.00. The molecule has 0 atom stereocenters. The van der Waals surface area contributed by atoms with E-state index in [1.54, 1.807) is 18.3 Å². The third-order valence-electron chi connectivity index (χ3n) is 3.28. The van der Waals surface area contributed by atoms with E-state index in [9.17, 15) is 4.79 Å². The summed E-state index contributed by atoms with van der Waals surface area (Å²) in [5, 5.41) is 1.45. The lowest BCUT2D eigenvalue weighted by atomic mass is 10.00. The molecule has 0 aliphatic heterocycles. The van der Waals surface area contributed by atoms with Crippen LogP contribution < -0.4 is 0 Å². The highest BCUT2D eigenvalue weighted by Gasteiger charge is 2.17. The monoisotopic (exact) mass is 269 g/mol. The fourth-order valence-electron chi connectivity index (χ4n) is 2.34. The van der Waals surface area contributed by atoms with Crippen LogP contribution >= 0.6 is 11.6 Å². The lowest BCUT2D eigenvalue weighted by Crippen LogP contribution is -2.01. The van der Waals surface area contributed by atoms with E-state index >= 15 is 0 Å². The number of H-pyrrole nitrogens is 1. The number of benzene rings is 2. The largest absolute Gasteiger partial charge is 0.360 e. The second-order valence-corrected chi connectivity index (χ2v) is 4.92. The molecule has 0 aliphatic carbocycles. The molecule has 0 saturated heterocycles. The Bertz CT molecular complexity index is 773. The van der Waals surface area contributed by atoms with Gasteiger partial charge in [0.05, 0.1) is 5.02 Å². The van der Waals surface area contributed by atoms with E-state index < -0.39 is 0 Å². The molecule has 0 saturated carbocycles. The molecular weight excluding hydrogens is 258 g/mol. The van der Waals surface area contributed by atoms with Gasteiger partial charge in [-0.3, -0.25) is 4.79 Å². The third-order valence-corrected chi connectivity index (χ3v) is 3.61. The van der Waals surface area contributed by atoms with E-state index in [4.69, 9.17) is 11.6 Å². The van der Waals surface area contributed by atoms with E-state index in [-0.39, 0.29) is 5.78 Å². The number of fused-ring (bicyclic) bond motifs is 1. The van der Waals surface area contributed by atoms with Crippen LogP contribution in [0.25, 0.3) is 10.9 Å². The third kappa shape index (κ3) is 1.94. The first-order valence-electron chi connectivity index (χ1n) is 6.04. The fraction of sp³-hybridized carbons (Fsp3) is 0.0625. The van der Waals surface area contributed by atoms with Crippen LogP contribution in [0.4, 0.5) is 0 Å². The summed E-state index contributed by atoms with van der Waals surface area (Å²) in [7, 11) is 0. The summed E-state index contributed by atoms with van der Waals surface area (Å²) < 4.78 is 0. The van der Waals surface area contributed by atoms with Gasteiger partial charge in [0, 0.05) is 28.2 Å². The van der Waals surface area contributed by atoms with Gasteiger partial charge in [-0.2, -0.15) is 0 Å². The van der Waals surface area contributed by atoms with Crippen molar-refractivity contribution in [1.29, 1.82) is 0 Å². The maximum atomic E-state index is 12.6. The molecule has 0 spiro atoms. The Morgan fingerprint density at radius 1 is 1.05 bits per heavy atom. The minimum atomic E-state index is -0.0499. The number of aromatic nitrogens is 1. The van der Waals surface area contributed by atoms with Crippen LogP contribution in [0.15, 0.2) is 48.7 Å². The highest BCUT2D eigenvalue weighted by atomic mass is 35.5. The molecule has 0 aliphatic rings. The van der Waals surface area contributed by atoms with Gasteiger partial charge in [0.2, 0.25) is 0 Å². The fourth-order valence-corrected chi connectivity index (χ4v) is 2.56. The zero-order valence-corrected chi connectivity index (χ0v) is 11.2. The topological polar surface area (TPSA) is 32.9 Å². The molecule has 3 rings (SSSR count). The van der Waals surface area contributed by atoms with Gasteiger partial charge in [0.15, 0.2) is 5.78 Å². The van der Waals surface area contributed by atoms with Gasteiger partial charge in [-0.25, -0.2) is 0 Å². The first-order valence-corrected chi connectivity index (χ1v) is 6.42. The van der Waals surface area contributed by atoms with Crippen molar-refractivity contribution in [3.8, 4) is 0 Å². The lowest BCUT2D eigenvalue weighted by Gasteiger charge is -2.03. The van der Waals surface area contributed by atoms with Crippen molar-refractivity contribution in [2.75, 3.05) is 0 Å². The predicted molar refractivity (Wildman–Crippen MR) is 77.9 cm³/mol. The van der Waals surface area contributed by atoms with Crippen molar-refractivity contribution in [1.82, 2.24) is 4.98 Å². The molecular formula is C16H12ClNO. The van der Waals surface area contributed by atoms with Crippen LogP contribution in [0.3, 0.4) is 0 Å². The molecule has 0 bridgehead atoms. The molecule has 1 N–H and O–H groups in total. The molecule has 2 aromatic carbocycles. The van der Waals surface area contributed by atoms with Crippen molar-refractivity contribution in [2.24, 2.45) is 0 Å². The molecule has 0 unspecified atom stereocenters. The normalized spacial score (nSPS) is 10.8. The number of halogens is 1. The van der Waals surface area contributed by atoms with Crippen LogP contribution in [0, 0.1) is 6.92 Å². The molecule has 2 nitrogen and oxygen atoms in total. The summed E-state index contributed by atoms with van der Waals surface area (Å²) in [6.07, 6.45) is 1.75. The number of carbonyl (C=O) groups excluding carboxylic acids is 1. The van der Waals surface area contributed by atoms with E-state index in [0.29, 0.717) is 16.1 Å². The number of carbonyl (C=O) groups is 1. The number of aryl methyl sites for hydroxylation is 1. The average molecular weight is 270 g/mol. The Kier molecular flexibility index (Phi) is 2.88. The zero-order chi connectivity index (χ0) is 13.4. The number of hydrogen-bond donors (Lipinski definition) is 1. The van der Waals surface area contributed by atoms with Gasteiger partial charge >= 0.3 is 0 Å². The standard InChI is InChI=1S/C16H12ClNO/c1-10-5-4-8-14-15(10)12(9-18-14)16(19)11-6-2-3-7-13(11)17/h2-9,18H,1H3. The van der Waals surface area contributed by atoms with Crippen molar-refractivity contribution >= 4 is 28.3 Å². The smallest absolute Gasteiger partial charge is 0.196 e. The van der Waals surface area contributed by atoms with Gasteiger partial charge in [0.1, 0.15) is 0 Å². The van der Waals surface area contributed by atoms with Gasteiger partial charge in [-0.15, -0.1) is 0 Å². The predicted octanol–water partition coefficient (Wildman–Crippen LogP) is 4.36. The van der Waals surface area contributed by atoms with E-state index in [1.165, 1.54) is 0 Å². The second-order valence-electron chi connectivity index (χ2n) is 4.51. The van der Waals surface area contributed by atoms with E-state index in [0.717, 1.165) is 16.5 Å². The molecule has 1 heterocycles. The first kappa shape index (κ1) is 12.0. The van der Waals surface area contributed by atoms with Gasteiger partial charge < -0.3 is 4.98 Å².